The molecule has 1 aliphatic heterocycles. The van der Waals surface area contributed by atoms with E-state index in [2.05, 4.69) is 15.5 Å². The Morgan fingerprint density at radius 1 is 1.40 bits per heavy atom. The van der Waals surface area contributed by atoms with Crippen LogP contribution in [0, 0.1) is 6.92 Å². The molecule has 1 unspecified atom stereocenters. The second-order valence-electron chi connectivity index (χ2n) is 4.37. The molecule has 1 aromatic heterocycles. The van der Waals surface area contributed by atoms with Crippen molar-refractivity contribution in [3.63, 3.8) is 0 Å². The summed E-state index contributed by atoms with van der Waals surface area (Å²) in [6.07, 6.45) is -0.465. The summed E-state index contributed by atoms with van der Waals surface area (Å²) in [4.78, 5) is 23.9. The van der Waals surface area contributed by atoms with Crippen molar-refractivity contribution in [2.45, 2.75) is 19.4 Å². The Bertz CT molecular complexity index is 683. The van der Waals surface area contributed by atoms with Gasteiger partial charge in [0.25, 0.3) is 5.91 Å². The lowest BCUT2D eigenvalue weighted by atomic mass is 9.98. The van der Waals surface area contributed by atoms with E-state index < -0.39 is 12.1 Å². The minimum Gasteiger partial charge on any atom is -0.448 e. The number of esters is 1. The number of ether oxygens (including phenoxy) is 1. The summed E-state index contributed by atoms with van der Waals surface area (Å²) < 4.78 is 5.16. The minimum absolute atomic E-state index is 0.367. The first kappa shape index (κ1) is 12.7. The van der Waals surface area contributed by atoms with Gasteiger partial charge in [0.05, 0.1) is 5.56 Å². The normalized spacial score (nSPS) is 17.2. The molecule has 2 heterocycles. The Kier molecular flexibility index (Phi) is 3.19. The van der Waals surface area contributed by atoms with Crippen molar-refractivity contribution in [3.05, 3.63) is 40.4 Å². The van der Waals surface area contributed by atoms with Gasteiger partial charge in [-0.05, 0) is 18.6 Å². The number of cyclic esters (lactones) is 1. The van der Waals surface area contributed by atoms with Crippen molar-refractivity contribution in [3.8, 4) is 0 Å². The summed E-state index contributed by atoms with van der Waals surface area (Å²) in [6.45, 7) is 1.80. The fraction of sp³-hybridized carbons (Fsp3) is 0.231. The molecule has 3 rings (SSSR count). The van der Waals surface area contributed by atoms with Gasteiger partial charge < -0.3 is 4.74 Å². The number of nitrogens with zero attached hydrogens (tertiary/aromatic N) is 2. The Morgan fingerprint density at radius 3 is 2.95 bits per heavy atom. The summed E-state index contributed by atoms with van der Waals surface area (Å²) in [5.41, 5.74) is 1.33. The van der Waals surface area contributed by atoms with Crippen LogP contribution >= 0.6 is 11.3 Å². The smallest absolute Gasteiger partial charge is 0.339 e. The maximum Gasteiger partial charge on any atom is 0.339 e. The minimum atomic E-state index is -0.832. The van der Waals surface area contributed by atoms with Crippen LogP contribution in [-0.4, -0.2) is 28.2 Å². The Hall–Kier alpha value is -2.28. The van der Waals surface area contributed by atoms with Gasteiger partial charge in [-0.1, -0.05) is 29.5 Å². The van der Waals surface area contributed by atoms with Crippen LogP contribution in [0.4, 0.5) is 5.13 Å². The molecule has 20 heavy (non-hydrogen) atoms. The van der Waals surface area contributed by atoms with Gasteiger partial charge in [-0.3, -0.25) is 10.1 Å². The number of nitrogens with one attached hydrogen (secondary N) is 1. The Balaban J connectivity index is 1.76. The van der Waals surface area contributed by atoms with Gasteiger partial charge in [0.2, 0.25) is 5.13 Å². The van der Waals surface area contributed by atoms with E-state index >= 15 is 0 Å². The lowest BCUT2D eigenvalue weighted by Crippen LogP contribution is -2.37. The third kappa shape index (κ3) is 2.39. The first-order valence-corrected chi connectivity index (χ1v) is 6.85. The fourth-order valence-corrected chi connectivity index (χ4v) is 2.61. The lowest BCUT2D eigenvalue weighted by Gasteiger charge is -2.23. The SMILES string of the molecule is Cc1nnc(NC(=O)C2Cc3ccccc3C(=O)O2)s1. The fourth-order valence-electron chi connectivity index (χ4n) is 2.01. The molecular weight excluding hydrogens is 278 g/mol. The van der Waals surface area contributed by atoms with Gasteiger partial charge in [0.1, 0.15) is 5.01 Å². The molecule has 7 heteroatoms. The third-order valence-corrected chi connectivity index (χ3v) is 3.69. The second-order valence-corrected chi connectivity index (χ2v) is 5.55. The predicted molar refractivity (Wildman–Crippen MR) is 72.6 cm³/mol. The molecule has 2 aromatic rings. The maximum absolute atomic E-state index is 12.1. The summed E-state index contributed by atoms with van der Waals surface area (Å²) in [5.74, 6) is -0.857. The van der Waals surface area contributed by atoms with Crippen molar-refractivity contribution in [1.29, 1.82) is 0 Å². The largest absolute Gasteiger partial charge is 0.448 e. The molecule has 6 nitrogen and oxygen atoms in total. The van der Waals surface area contributed by atoms with Gasteiger partial charge in [-0.15, -0.1) is 10.2 Å². The van der Waals surface area contributed by atoms with Gasteiger partial charge in [-0.25, -0.2) is 4.79 Å². The van der Waals surface area contributed by atoms with Crippen LogP contribution in [0.5, 0.6) is 0 Å². The van der Waals surface area contributed by atoms with Crippen molar-refractivity contribution in [2.24, 2.45) is 0 Å². The van der Waals surface area contributed by atoms with E-state index in [1.165, 1.54) is 11.3 Å². The molecular formula is C13H11N3O3S. The number of amides is 1. The molecule has 0 aliphatic carbocycles. The number of carbonyl (C=O) groups excluding carboxylic acids is 2. The van der Waals surface area contributed by atoms with Crippen LogP contribution in [0.3, 0.4) is 0 Å². The molecule has 0 spiro atoms. The number of carbonyl (C=O) groups is 2. The average molecular weight is 289 g/mol. The highest BCUT2D eigenvalue weighted by Crippen LogP contribution is 2.22. The van der Waals surface area contributed by atoms with E-state index in [0.717, 1.165) is 10.6 Å². The molecule has 1 aliphatic rings. The van der Waals surface area contributed by atoms with Crippen molar-refractivity contribution >= 4 is 28.3 Å². The van der Waals surface area contributed by atoms with Crippen LogP contribution in [-0.2, 0) is 16.0 Å². The highest BCUT2D eigenvalue weighted by Gasteiger charge is 2.31. The molecule has 1 atom stereocenters. The Morgan fingerprint density at radius 2 is 2.20 bits per heavy atom. The van der Waals surface area contributed by atoms with Gasteiger partial charge in [-0.2, -0.15) is 0 Å². The zero-order valence-electron chi connectivity index (χ0n) is 10.6. The molecule has 0 bridgehead atoms. The number of aromatic nitrogens is 2. The number of rotatable bonds is 2. The highest BCUT2D eigenvalue weighted by atomic mass is 32.1. The van der Waals surface area contributed by atoms with E-state index in [4.69, 9.17) is 4.74 Å². The molecule has 0 radical (unpaired) electrons. The summed E-state index contributed by atoms with van der Waals surface area (Å²) in [5, 5.41) is 11.4. The molecule has 1 amide bonds. The van der Waals surface area contributed by atoms with Crippen LogP contribution in [0.2, 0.25) is 0 Å². The first-order chi connectivity index (χ1) is 9.63. The number of anilines is 1. The molecule has 1 aromatic carbocycles. The zero-order chi connectivity index (χ0) is 14.1. The van der Waals surface area contributed by atoms with Crippen molar-refractivity contribution in [1.82, 2.24) is 10.2 Å². The number of fused-ring (bicyclic) bond motifs is 1. The monoisotopic (exact) mass is 289 g/mol. The molecule has 1 N–H and O–H groups in total. The van der Waals surface area contributed by atoms with Crippen LogP contribution in [0.25, 0.3) is 0 Å². The van der Waals surface area contributed by atoms with Crippen molar-refractivity contribution in [2.75, 3.05) is 5.32 Å². The highest BCUT2D eigenvalue weighted by molar-refractivity contribution is 7.15. The molecule has 102 valence electrons. The quantitative estimate of drug-likeness (QED) is 0.849. The van der Waals surface area contributed by atoms with Crippen LogP contribution in [0.15, 0.2) is 24.3 Å². The van der Waals surface area contributed by atoms with Gasteiger partial charge in [0.15, 0.2) is 6.10 Å². The van der Waals surface area contributed by atoms with Crippen LogP contribution in [0.1, 0.15) is 20.9 Å². The van der Waals surface area contributed by atoms with E-state index in [0.29, 0.717) is 17.1 Å². The van der Waals surface area contributed by atoms with E-state index in [1.807, 2.05) is 12.1 Å². The van der Waals surface area contributed by atoms with Gasteiger partial charge >= 0.3 is 5.97 Å². The van der Waals surface area contributed by atoms with E-state index in [-0.39, 0.29) is 5.91 Å². The number of hydrogen-bond acceptors (Lipinski definition) is 6. The number of aryl methyl sites for hydroxylation is 1. The van der Waals surface area contributed by atoms with Crippen molar-refractivity contribution < 1.29 is 14.3 Å². The van der Waals surface area contributed by atoms with E-state index in [1.54, 1.807) is 19.1 Å². The standard InChI is InChI=1S/C13H11N3O3S/c1-7-15-16-13(20-7)14-11(17)10-6-8-4-2-3-5-9(8)12(18)19-10/h2-5,10H,6H2,1H3,(H,14,16,17). The topological polar surface area (TPSA) is 81.2 Å². The molecule has 0 fully saturated rings. The lowest BCUT2D eigenvalue weighted by molar-refractivity contribution is -0.125. The average Bonchev–Trinajstić information content (AvgIpc) is 2.84. The third-order valence-electron chi connectivity index (χ3n) is 2.94. The Labute approximate surface area is 118 Å². The van der Waals surface area contributed by atoms with Gasteiger partial charge in [0, 0.05) is 6.42 Å². The summed E-state index contributed by atoms with van der Waals surface area (Å²) in [7, 11) is 0. The maximum atomic E-state index is 12.1. The number of hydrogen-bond donors (Lipinski definition) is 1. The first-order valence-electron chi connectivity index (χ1n) is 6.03. The molecule has 0 saturated carbocycles. The summed E-state index contributed by atoms with van der Waals surface area (Å²) >= 11 is 1.27. The number of benzene rings is 1. The van der Waals surface area contributed by atoms with Crippen LogP contribution < -0.4 is 5.32 Å². The predicted octanol–water partition coefficient (Wildman–Crippen LogP) is 1.57. The zero-order valence-corrected chi connectivity index (χ0v) is 11.4. The second kappa shape index (κ2) is 5.01. The summed E-state index contributed by atoms with van der Waals surface area (Å²) in [6, 6.07) is 7.12. The van der Waals surface area contributed by atoms with E-state index in [9.17, 15) is 9.59 Å². The molecule has 0 saturated heterocycles.